The average Bonchev–Trinajstić information content (AvgIpc) is 3.15. The molecule has 1 saturated carbocycles. The van der Waals surface area contributed by atoms with Gasteiger partial charge in [-0.3, -0.25) is 9.89 Å². The number of aromatic nitrogens is 2. The number of rotatable bonds is 6. The molecule has 0 radical (unpaired) electrons. The molecule has 1 fully saturated rings. The van der Waals surface area contributed by atoms with Gasteiger partial charge in [-0.15, -0.1) is 0 Å². The number of hydrogen-bond acceptors (Lipinski definition) is 4. The number of carbonyl (C=O) groups is 1. The van der Waals surface area contributed by atoms with E-state index < -0.39 is 0 Å². The quantitative estimate of drug-likeness (QED) is 0.666. The maximum absolute atomic E-state index is 12.5. The van der Waals surface area contributed by atoms with Gasteiger partial charge in [-0.05, 0) is 60.1 Å². The zero-order valence-corrected chi connectivity index (χ0v) is 16.2. The van der Waals surface area contributed by atoms with Crippen LogP contribution in [0.4, 0.5) is 5.82 Å². The van der Waals surface area contributed by atoms with Crippen LogP contribution in [-0.2, 0) is 11.2 Å². The molecule has 1 aliphatic carbocycles. The summed E-state index contributed by atoms with van der Waals surface area (Å²) < 4.78 is 5.14. The van der Waals surface area contributed by atoms with Crippen LogP contribution >= 0.6 is 0 Å². The zero-order chi connectivity index (χ0) is 20.2. The first-order valence-electron chi connectivity index (χ1n) is 9.62. The van der Waals surface area contributed by atoms with Crippen LogP contribution in [-0.4, -0.2) is 23.2 Å². The molecule has 1 aromatic heterocycles. The first kappa shape index (κ1) is 18.8. The van der Waals surface area contributed by atoms with Crippen LogP contribution in [0.3, 0.4) is 0 Å². The Hall–Kier alpha value is -3.59. The van der Waals surface area contributed by atoms with E-state index in [-0.39, 0.29) is 12.3 Å². The molecule has 0 bridgehead atoms. The van der Waals surface area contributed by atoms with Crippen molar-refractivity contribution in [3.05, 3.63) is 77.0 Å². The van der Waals surface area contributed by atoms with Crippen LogP contribution < -0.4 is 10.1 Å². The lowest BCUT2D eigenvalue weighted by atomic mass is 9.69. The minimum Gasteiger partial charge on any atom is -0.497 e. The van der Waals surface area contributed by atoms with Crippen molar-refractivity contribution < 1.29 is 9.53 Å². The van der Waals surface area contributed by atoms with Crippen molar-refractivity contribution in [2.24, 2.45) is 0 Å². The predicted octanol–water partition coefficient (Wildman–Crippen LogP) is 4.13. The fraction of sp³-hybridized carbons (Fsp3) is 0.261. The van der Waals surface area contributed by atoms with E-state index in [0.29, 0.717) is 23.2 Å². The van der Waals surface area contributed by atoms with E-state index in [1.165, 1.54) is 5.56 Å². The number of nitriles is 1. The minimum atomic E-state index is -0.0849. The van der Waals surface area contributed by atoms with Gasteiger partial charge in [0.1, 0.15) is 11.6 Å². The van der Waals surface area contributed by atoms with E-state index in [4.69, 9.17) is 10.00 Å². The fourth-order valence-electron chi connectivity index (χ4n) is 3.82. The fourth-order valence-corrected chi connectivity index (χ4v) is 3.82. The molecule has 2 aromatic carbocycles. The van der Waals surface area contributed by atoms with Crippen LogP contribution in [0.15, 0.2) is 54.7 Å². The molecule has 1 aliphatic rings. The van der Waals surface area contributed by atoms with Gasteiger partial charge in [-0.1, -0.05) is 24.3 Å². The van der Waals surface area contributed by atoms with E-state index in [0.717, 1.165) is 29.7 Å². The number of amides is 1. The molecule has 0 unspecified atom stereocenters. The number of ether oxygens (including phenoxy) is 1. The number of carbonyl (C=O) groups excluding carboxylic acids is 1. The first-order valence-corrected chi connectivity index (χ1v) is 9.62. The number of anilines is 1. The number of nitrogens with one attached hydrogen (secondary N) is 2. The van der Waals surface area contributed by atoms with Gasteiger partial charge in [0.15, 0.2) is 0 Å². The van der Waals surface area contributed by atoms with Gasteiger partial charge in [0.2, 0.25) is 5.91 Å². The van der Waals surface area contributed by atoms with Gasteiger partial charge in [-0.2, -0.15) is 10.4 Å². The summed E-state index contributed by atoms with van der Waals surface area (Å²) in [6.07, 6.45) is 4.05. The van der Waals surface area contributed by atoms with E-state index in [1.807, 2.05) is 42.5 Å². The second-order valence-electron chi connectivity index (χ2n) is 7.38. The molecular formula is C23H22N4O2. The number of hydrogen-bond donors (Lipinski definition) is 2. The number of H-pyrrole nitrogens is 1. The van der Waals surface area contributed by atoms with Crippen molar-refractivity contribution in [3.63, 3.8) is 0 Å². The molecule has 1 heterocycles. The predicted molar refractivity (Wildman–Crippen MR) is 110 cm³/mol. The average molecular weight is 386 g/mol. The Labute approximate surface area is 169 Å². The van der Waals surface area contributed by atoms with Crippen molar-refractivity contribution in [1.29, 1.82) is 5.26 Å². The Morgan fingerprint density at radius 3 is 2.76 bits per heavy atom. The van der Waals surface area contributed by atoms with E-state index >= 15 is 0 Å². The third-order valence-electron chi connectivity index (χ3n) is 5.52. The van der Waals surface area contributed by atoms with Gasteiger partial charge in [0.05, 0.1) is 31.4 Å². The number of aromatic amines is 1. The number of nitrogens with zero attached hydrogens (tertiary/aromatic N) is 2. The Balaban J connectivity index is 1.36. The Kier molecular flexibility index (Phi) is 5.30. The van der Waals surface area contributed by atoms with Crippen LogP contribution in [0.1, 0.15) is 46.9 Å². The first-order chi connectivity index (χ1) is 14.2. The summed E-state index contributed by atoms with van der Waals surface area (Å²) >= 11 is 0. The van der Waals surface area contributed by atoms with E-state index in [1.54, 1.807) is 13.3 Å². The lowest BCUT2D eigenvalue weighted by Crippen LogP contribution is -2.22. The zero-order valence-electron chi connectivity index (χ0n) is 16.2. The Morgan fingerprint density at radius 2 is 2.03 bits per heavy atom. The summed E-state index contributed by atoms with van der Waals surface area (Å²) in [6, 6.07) is 17.5. The molecule has 29 heavy (non-hydrogen) atoms. The van der Waals surface area contributed by atoms with Crippen molar-refractivity contribution >= 4 is 11.7 Å². The maximum Gasteiger partial charge on any atom is 0.229 e. The largest absolute Gasteiger partial charge is 0.497 e. The van der Waals surface area contributed by atoms with Gasteiger partial charge in [-0.25, -0.2) is 0 Å². The van der Waals surface area contributed by atoms with Crippen molar-refractivity contribution in [3.8, 4) is 11.8 Å². The number of benzene rings is 2. The summed E-state index contributed by atoms with van der Waals surface area (Å²) in [6.45, 7) is 0. The van der Waals surface area contributed by atoms with Crippen molar-refractivity contribution in [2.45, 2.75) is 31.1 Å². The molecule has 1 amide bonds. The third-order valence-corrected chi connectivity index (χ3v) is 5.52. The van der Waals surface area contributed by atoms with Gasteiger partial charge in [0, 0.05) is 5.56 Å². The molecule has 6 heteroatoms. The molecular weight excluding hydrogens is 364 g/mol. The third kappa shape index (κ3) is 4.14. The van der Waals surface area contributed by atoms with E-state index in [9.17, 15) is 4.79 Å². The minimum absolute atomic E-state index is 0.0849. The molecule has 6 nitrogen and oxygen atoms in total. The highest BCUT2D eigenvalue weighted by Crippen LogP contribution is 2.49. The molecule has 0 spiro atoms. The highest BCUT2D eigenvalue weighted by Gasteiger charge is 2.34. The lowest BCUT2D eigenvalue weighted by Gasteiger charge is -2.35. The summed E-state index contributed by atoms with van der Waals surface area (Å²) in [5.74, 6) is 2.15. The van der Waals surface area contributed by atoms with Crippen LogP contribution in [0.25, 0.3) is 0 Å². The highest BCUT2D eigenvalue weighted by atomic mass is 16.5. The SMILES string of the molecule is COc1ccc(CC(=O)Nc2[nH]ncc2C2CC(c3cccc(C#N)c3)C2)cc1. The number of methoxy groups -OCH3 is 1. The molecule has 0 saturated heterocycles. The van der Waals surface area contributed by atoms with Crippen LogP contribution in [0, 0.1) is 11.3 Å². The Morgan fingerprint density at radius 1 is 1.24 bits per heavy atom. The lowest BCUT2D eigenvalue weighted by molar-refractivity contribution is -0.115. The van der Waals surface area contributed by atoms with Gasteiger partial charge >= 0.3 is 0 Å². The monoisotopic (exact) mass is 386 g/mol. The highest BCUT2D eigenvalue weighted by molar-refractivity contribution is 5.92. The van der Waals surface area contributed by atoms with Crippen LogP contribution in [0.2, 0.25) is 0 Å². The molecule has 0 aliphatic heterocycles. The normalized spacial score (nSPS) is 17.8. The topological polar surface area (TPSA) is 90.8 Å². The van der Waals surface area contributed by atoms with Crippen molar-refractivity contribution in [1.82, 2.24) is 10.2 Å². The summed E-state index contributed by atoms with van der Waals surface area (Å²) in [4.78, 5) is 12.5. The van der Waals surface area contributed by atoms with E-state index in [2.05, 4.69) is 27.6 Å². The van der Waals surface area contributed by atoms with Gasteiger partial charge < -0.3 is 10.1 Å². The summed E-state index contributed by atoms with van der Waals surface area (Å²) in [7, 11) is 1.62. The molecule has 0 atom stereocenters. The molecule has 3 aromatic rings. The maximum atomic E-state index is 12.5. The Bertz CT molecular complexity index is 1040. The second kappa shape index (κ2) is 8.19. The molecule has 146 valence electrons. The second-order valence-corrected chi connectivity index (χ2v) is 7.38. The molecule has 4 rings (SSSR count). The smallest absolute Gasteiger partial charge is 0.229 e. The van der Waals surface area contributed by atoms with Crippen molar-refractivity contribution in [2.75, 3.05) is 12.4 Å². The standard InChI is InChI=1S/C23H22N4O2/c1-29-20-7-5-15(6-8-20)10-22(28)26-23-21(14-25-27-23)19-11-18(12-19)17-4-2-3-16(9-17)13-24/h2-9,14,18-19H,10-12H2,1H3,(H2,25,26,27,28). The summed E-state index contributed by atoms with van der Waals surface area (Å²) in [5, 5.41) is 19.1. The molecule has 2 N–H and O–H groups in total. The summed E-state index contributed by atoms with van der Waals surface area (Å²) in [5.41, 5.74) is 3.86. The van der Waals surface area contributed by atoms with Crippen LogP contribution in [0.5, 0.6) is 5.75 Å². The van der Waals surface area contributed by atoms with Gasteiger partial charge in [0.25, 0.3) is 0 Å².